The third-order valence-corrected chi connectivity index (χ3v) is 4.49. The predicted octanol–water partition coefficient (Wildman–Crippen LogP) is 3.41. The SMILES string of the molecule is CSc1ccc(-c2c(C#N)c(N)nc3c2CCC3)cc1. The normalized spacial score (nSPS) is 13.0. The molecule has 0 aliphatic heterocycles. The van der Waals surface area contributed by atoms with E-state index in [-0.39, 0.29) is 0 Å². The fraction of sp³-hybridized carbons (Fsp3) is 0.250. The molecule has 1 aliphatic rings. The summed E-state index contributed by atoms with van der Waals surface area (Å²) in [6, 6.07) is 10.5. The van der Waals surface area contributed by atoms with Gasteiger partial charge >= 0.3 is 0 Å². The van der Waals surface area contributed by atoms with Crippen LogP contribution in [0.5, 0.6) is 0 Å². The highest BCUT2D eigenvalue weighted by Gasteiger charge is 2.22. The summed E-state index contributed by atoms with van der Waals surface area (Å²) in [4.78, 5) is 5.61. The van der Waals surface area contributed by atoms with Crippen LogP contribution in [0.25, 0.3) is 11.1 Å². The summed E-state index contributed by atoms with van der Waals surface area (Å²) in [6.07, 6.45) is 5.09. The second-order valence-corrected chi connectivity index (χ2v) is 5.75. The van der Waals surface area contributed by atoms with E-state index in [0.717, 1.165) is 36.1 Å². The molecule has 4 heteroatoms. The predicted molar refractivity (Wildman–Crippen MR) is 82.6 cm³/mol. The van der Waals surface area contributed by atoms with Gasteiger partial charge in [-0.2, -0.15) is 5.26 Å². The van der Waals surface area contributed by atoms with Crippen molar-refractivity contribution in [1.29, 1.82) is 5.26 Å². The number of hydrogen-bond donors (Lipinski definition) is 1. The number of rotatable bonds is 2. The molecule has 1 aromatic heterocycles. The Hall–Kier alpha value is -1.99. The van der Waals surface area contributed by atoms with E-state index in [1.54, 1.807) is 11.8 Å². The van der Waals surface area contributed by atoms with Crippen LogP contribution < -0.4 is 5.73 Å². The van der Waals surface area contributed by atoms with Crippen molar-refractivity contribution in [3.8, 4) is 17.2 Å². The number of nitriles is 1. The second kappa shape index (κ2) is 5.18. The van der Waals surface area contributed by atoms with Gasteiger partial charge in [-0.25, -0.2) is 4.98 Å². The van der Waals surface area contributed by atoms with E-state index in [4.69, 9.17) is 5.73 Å². The molecule has 3 nitrogen and oxygen atoms in total. The van der Waals surface area contributed by atoms with Gasteiger partial charge in [0.05, 0.1) is 0 Å². The Morgan fingerprint density at radius 3 is 2.65 bits per heavy atom. The summed E-state index contributed by atoms with van der Waals surface area (Å²) in [5, 5.41) is 9.42. The van der Waals surface area contributed by atoms with Crippen LogP contribution in [0.2, 0.25) is 0 Å². The monoisotopic (exact) mass is 281 g/mol. The molecule has 1 aromatic carbocycles. The lowest BCUT2D eigenvalue weighted by Crippen LogP contribution is -2.03. The van der Waals surface area contributed by atoms with Crippen molar-refractivity contribution in [1.82, 2.24) is 4.98 Å². The number of thioether (sulfide) groups is 1. The van der Waals surface area contributed by atoms with E-state index in [1.807, 2.05) is 0 Å². The Kier molecular flexibility index (Phi) is 3.37. The Balaban J connectivity index is 2.23. The molecule has 0 saturated heterocycles. The van der Waals surface area contributed by atoms with Gasteiger partial charge in [0.1, 0.15) is 17.5 Å². The number of nitrogen functional groups attached to an aromatic ring is 1. The molecule has 1 heterocycles. The summed E-state index contributed by atoms with van der Waals surface area (Å²) in [5.74, 6) is 0.358. The van der Waals surface area contributed by atoms with Crippen molar-refractivity contribution < 1.29 is 0 Å². The first-order valence-corrected chi connectivity index (χ1v) is 7.83. The lowest BCUT2D eigenvalue weighted by atomic mass is 9.95. The highest BCUT2D eigenvalue weighted by molar-refractivity contribution is 7.98. The van der Waals surface area contributed by atoms with Gasteiger partial charge in [-0.05, 0) is 48.8 Å². The number of aromatic nitrogens is 1. The molecule has 0 saturated carbocycles. The second-order valence-electron chi connectivity index (χ2n) is 4.87. The average molecular weight is 281 g/mol. The summed E-state index contributed by atoms with van der Waals surface area (Å²) >= 11 is 1.71. The Morgan fingerprint density at radius 2 is 2.00 bits per heavy atom. The minimum Gasteiger partial charge on any atom is -0.383 e. The largest absolute Gasteiger partial charge is 0.383 e. The quantitative estimate of drug-likeness (QED) is 0.857. The third kappa shape index (κ3) is 2.04. The van der Waals surface area contributed by atoms with Crippen LogP contribution in [0.4, 0.5) is 5.82 Å². The number of nitrogens with two attached hydrogens (primary N) is 1. The first-order chi connectivity index (χ1) is 9.74. The summed E-state index contributed by atoms with van der Waals surface area (Å²) in [7, 11) is 0. The molecule has 0 spiro atoms. The molecule has 0 fully saturated rings. The molecule has 2 N–H and O–H groups in total. The molecule has 0 amide bonds. The van der Waals surface area contributed by atoms with Crippen LogP contribution in [0.15, 0.2) is 29.2 Å². The van der Waals surface area contributed by atoms with Crippen LogP contribution in [0, 0.1) is 11.3 Å². The van der Waals surface area contributed by atoms with Crippen molar-refractivity contribution in [2.75, 3.05) is 12.0 Å². The highest BCUT2D eigenvalue weighted by Crippen LogP contribution is 2.36. The zero-order valence-corrected chi connectivity index (χ0v) is 12.1. The van der Waals surface area contributed by atoms with Crippen LogP contribution in [-0.4, -0.2) is 11.2 Å². The standard InChI is InChI=1S/C16H15N3S/c1-20-11-7-5-10(6-8-11)15-12-3-2-4-14(12)19-16(18)13(15)9-17/h5-8H,2-4H2,1H3,(H2,18,19). The van der Waals surface area contributed by atoms with Crippen LogP contribution in [0.1, 0.15) is 23.2 Å². The zero-order chi connectivity index (χ0) is 14.1. The fourth-order valence-corrected chi connectivity index (χ4v) is 3.20. The van der Waals surface area contributed by atoms with Crippen molar-refractivity contribution in [3.05, 3.63) is 41.1 Å². The third-order valence-electron chi connectivity index (χ3n) is 3.74. The summed E-state index contributed by atoms with van der Waals surface area (Å²) in [6.45, 7) is 0. The minimum absolute atomic E-state index is 0.358. The smallest absolute Gasteiger partial charge is 0.142 e. The molecular formula is C16H15N3S. The zero-order valence-electron chi connectivity index (χ0n) is 11.3. The molecular weight excluding hydrogens is 266 g/mol. The number of benzene rings is 1. The van der Waals surface area contributed by atoms with Gasteiger partial charge in [-0.3, -0.25) is 0 Å². The van der Waals surface area contributed by atoms with Crippen LogP contribution >= 0.6 is 11.8 Å². The number of fused-ring (bicyclic) bond motifs is 1. The van der Waals surface area contributed by atoms with E-state index in [0.29, 0.717) is 11.4 Å². The van der Waals surface area contributed by atoms with Gasteiger partial charge in [0, 0.05) is 16.2 Å². The van der Waals surface area contributed by atoms with Crippen molar-refractivity contribution in [2.45, 2.75) is 24.2 Å². The first kappa shape index (κ1) is 13.0. The minimum atomic E-state index is 0.358. The van der Waals surface area contributed by atoms with Crippen LogP contribution in [0.3, 0.4) is 0 Å². The molecule has 2 aromatic rings. The van der Waals surface area contributed by atoms with Crippen molar-refractivity contribution in [3.63, 3.8) is 0 Å². The maximum Gasteiger partial charge on any atom is 0.142 e. The van der Waals surface area contributed by atoms with E-state index >= 15 is 0 Å². The van der Waals surface area contributed by atoms with Crippen molar-refractivity contribution in [2.24, 2.45) is 0 Å². The van der Waals surface area contributed by atoms with E-state index in [9.17, 15) is 5.26 Å². The fourth-order valence-electron chi connectivity index (χ4n) is 2.79. The van der Waals surface area contributed by atoms with Gasteiger partial charge in [-0.15, -0.1) is 11.8 Å². The molecule has 3 rings (SSSR count). The van der Waals surface area contributed by atoms with E-state index < -0.39 is 0 Å². The van der Waals surface area contributed by atoms with Gasteiger partial charge < -0.3 is 5.73 Å². The number of hydrogen-bond acceptors (Lipinski definition) is 4. The molecule has 0 bridgehead atoms. The Morgan fingerprint density at radius 1 is 1.25 bits per heavy atom. The maximum atomic E-state index is 9.42. The number of anilines is 1. The lowest BCUT2D eigenvalue weighted by Gasteiger charge is -2.13. The number of aryl methyl sites for hydroxylation is 1. The molecule has 100 valence electrons. The summed E-state index contributed by atoms with van der Waals surface area (Å²) in [5.41, 5.74) is 10.8. The molecule has 20 heavy (non-hydrogen) atoms. The van der Waals surface area contributed by atoms with E-state index in [2.05, 4.69) is 41.6 Å². The molecule has 1 aliphatic carbocycles. The first-order valence-electron chi connectivity index (χ1n) is 6.60. The van der Waals surface area contributed by atoms with Gasteiger partial charge in [0.2, 0.25) is 0 Å². The van der Waals surface area contributed by atoms with Crippen molar-refractivity contribution >= 4 is 17.6 Å². The van der Waals surface area contributed by atoms with Gasteiger partial charge in [0.15, 0.2) is 0 Å². The Bertz CT molecular complexity index is 698. The lowest BCUT2D eigenvalue weighted by molar-refractivity contribution is 0.900. The van der Waals surface area contributed by atoms with E-state index in [1.165, 1.54) is 10.5 Å². The van der Waals surface area contributed by atoms with Gasteiger partial charge in [0.25, 0.3) is 0 Å². The Labute approximate surface area is 122 Å². The number of nitrogens with zero attached hydrogens (tertiary/aromatic N) is 2. The van der Waals surface area contributed by atoms with Crippen LogP contribution in [-0.2, 0) is 12.8 Å². The number of pyridine rings is 1. The molecule has 0 atom stereocenters. The van der Waals surface area contributed by atoms with Gasteiger partial charge in [-0.1, -0.05) is 12.1 Å². The molecule has 0 unspecified atom stereocenters. The summed E-state index contributed by atoms with van der Waals surface area (Å²) < 4.78 is 0. The molecule has 0 radical (unpaired) electrons. The highest BCUT2D eigenvalue weighted by atomic mass is 32.2. The topological polar surface area (TPSA) is 62.7 Å². The maximum absolute atomic E-state index is 9.42. The average Bonchev–Trinajstić information content (AvgIpc) is 2.93.